The molecule has 4 heteroatoms. The molecule has 4 atom stereocenters. The summed E-state index contributed by atoms with van der Waals surface area (Å²) in [6, 6.07) is 6.24. The molecule has 1 aromatic rings. The minimum absolute atomic E-state index is 0.0977. The molecule has 5 rings (SSSR count). The highest BCUT2D eigenvalue weighted by atomic mass is 16.6. The maximum Gasteiger partial charge on any atom is 0.598 e. The number of fused-ring (bicyclic) bond motifs is 3. The zero-order chi connectivity index (χ0) is 15.5. The fourth-order valence-corrected chi connectivity index (χ4v) is 5.06. The SMILES string of the molecule is C[C@@H]1[C@@H](B2Oc3ccc(CCN)cc3O2)C[C@H]2C[C@@H]1C2(C)C. The highest BCUT2D eigenvalue weighted by Crippen LogP contribution is 2.65. The smallest absolute Gasteiger partial charge is 0.523 e. The molecule has 2 bridgehead atoms. The van der Waals surface area contributed by atoms with Gasteiger partial charge < -0.3 is 15.0 Å². The van der Waals surface area contributed by atoms with Crippen LogP contribution in [0.3, 0.4) is 0 Å². The molecule has 1 aliphatic heterocycles. The molecule has 0 amide bonds. The first-order chi connectivity index (χ1) is 10.5. The van der Waals surface area contributed by atoms with Crippen LogP contribution in [0, 0.1) is 23.2 Å². The van der Waals surface area contributed by atoms with E-state index in [2.05, 4.69) is 32.9 Å². The molecule has 2 N–H and O–H groups in total. The van der Waals surface area contributed by atoms with E-state index in [1.165, 1.54) is 18.4 Å². The van der Waals surface area contributed by atoms with E-state index in [-0.39, 0.29) is 7.12 Å². The van der Waals surface area contributed by atoms with Gasteiger partial charge in [-0.3, -0.25) is 0 Å². The van der Waals surface area contributed by atoms with Crippen molar-refractivity contribution in [3.8, 4) is 11.5 Å². The molecule has 3 aliphatic carbocycles. The third-order valence-corrected chi connectivity index (χ3v) is 6.69. The van der Waals surface area contributed by atoms with Crippen molar-refractivity contribution < 1.29 is 9.31 Å². The summed E-state index contributed by atoms with van der Waals surface area (Å²) in [7, 11) is -0.0977. The predicted octanol–water partition coefficient (Wildman–Crippen LogP) is 3.52. The summed E-state index contributed by atoms with van der Waals surface area (Å²) in [5.74, 6) is 4.64. The van der Waals surface area contributed by atoms with Crippen LogP contribution in [-0.4, -0.2) is 13.7 Å². The van der Waals surface area contributed by atoms with Gasteiger partial charge in [0.15, 0.2) is 0 Å². The lowest BCUT2D eigenvalue weighted by molar-refractivity contribution is -0.102. The zero-order valence-electron chi connectivity index (χ0n) is 13.8. The highest BCUT2D eigenvalue weighted by molar-refractivity contribution is 6.49. The summed E-state index contributed by atoms with van der Waals surface area (Å²) in [5.41, 5.74) is 7.38. The van der Waals surface area contributed by atoms with Crippen LogP contribution in [0.4, 0.5) is 0 Å². The van der Waals surface area contributed by atoms with Crippen molar-refractivity contribution in [1.82, 2.24) is 0 Å². The van der Waals surface area contributed by atoms with Crippen LogP contribution < -0.4 is 15.0 Å². The van der Waals surface area contributed by atoms with Gasteiger partial charge in [-0.15, -0.1) is 0 Å². The number of rotatable bonds is 3. The van der Waals surface area contributed by atoms with E-state index in [9.17, 15) is 0 Å². The number of nitrogens with two attached hydrogens (primary N) is 1. The molecule has 0 saturated heterocycles. The number of hydrogen-bond acceptors (Lipinski definition) is 3. The molecule has 3 fully saturated rings. The number of benzene rings is 1. The van der Waals surface area contributed by atoms with Crippen LogP contribution in [0.5, 0.6) is 11.5 Å². The van der Waals surface area contributed by atoms with E-state index < -0.39 is 0 Å². The Balaban J connectivity index is 1.50. The normalized spacial score (nSPS) is 34.5. The van der Waals surface area contributed by atoms with Crippen molar-refractivity contribution in [2.75, 3.05) is 6.54 Å². The van der Waals surface area contributed by atoms with Crippen molar-refractivity contribution in [3.05, 3.63) is 23.8 Å². The second kappa shape index (κ2) is 4.92. The highest BCUT2D eigenvalue weighted by Gasteiger charge is 2.60. The fourth-order valence-electron chi connectivity index (χ4n) is 5.06. The second-order valence-electron chi connectivity index (χ2n) is 8.04. The van der Waals surface area contributed by atoms with Crippen molar-refractivity contribution in [3.63, 3.8) is 0 Å². The van der Waals surface area contributed by atoms with Gasteiger partial charge >= 0.3 is 7.12 Å². The Morgan fingerprint density at radius 3 is 2.68 bits per heavy atom. The molecular formula is C18H26BNO2. The summed E-state index contributed by atoms with van der Waals surface area (Å²) in [6.07, 6.45) is 3.52. The molecule has 1 aromatic carbocycles. The Kier molecular flexibility index (Phi) is 3.23. The first-order valence-corrected chi connectivity index (χ1v) is 8.67. The van der Waals surface area contributed by atoms with Crippen molar-refractivity contribution in [2.24, 2.45) is 28.9 Å². The maximum atomic E-state index is 6.18. The molecule has 118 valence electrons. The molecular weight excluding hydrogens is 273 g/mol. The molecule has 0 spiro atoms. The largest absolute Gasteiger partial charge is 0.598 e. The lowest BCUT2D eigenvalue weighted by Crippen LogP contribution is -2.56. The Hall–Kier alpha value is -1.16. The third-order valence-electron chi connectivity index (χ3n) is 6.69. The van der Waals surface area contributed by atoms with E-state index in [1.807, 2.05) is 6.07 Å². The van der Waals surface area contributed by atoms with Gasteiger partial charge in [0.05, 0.1) is 0 Å². The second-order valence-corrected chi connectivity index (χ2v) is 8.04. The van der Waals surface area contributed by atoms with Gasteiger partial charge in [-0.1, -0.05) is 26.8 Å². The quantitative estimate of drug-likeness (QED) is 0.869. The maximum absolute atomic E-state index is 6.18. The van der Waals surface area contributed by atoms with Crippen LogP contribution in [-0.2, 0) is 6.42 Å². The summed E-state index contributed by atoms with van der Waals surface area (Å²) in [5, 5.41) is 0. The van der Waals surface area contributed by atoms with E-state index in [4.69, 9.17) is 15.0 Å². The van der Waals surface area contributed by atoms with Gasteiger partial charge in [0.1, 0.15) is 11.5 Å². The fraction of sp³-hybridized carbons (Fsp3) is 0.667. The summed E-state index contributed by atoms with van der Waals surface area (Å²) in [6.45, 7) is 7.93. The standard InChI is InChI=1S/C18H26BNO2/c1-11-14-9-13(18(14,2)3)10-15(11)19-21-16-5-4-12(6-7-20)8-17(16)22-19/h4-5,8,11,13-15H,6-7,9-10,20H2,1-3H3/t11-,13+,14-,15-/m0/s1. The molecule has 3 nitrogen and oxygen atoms in total. The average molecular weight is 299 g/mol. The topological polar surface area (TPSA) is 44.5 Å². The van der Waals surface area contributed by atoms with E-state index in [0.29, 0.717) is 23.7 Å². The van der Waals surface area contributed by atoms with E-state index >= 15 is 0 Å². The molecule has 0 unspecified atom stereocenters. The molecule has 0 aromatic heterocycles. The van der Waals surface area contributed by atoms with Gasteiger partial charge in [-0.25, -0.2) is 0 Å². The Labute approximate surface area is 133 Å². The van der Waals surface area contributed by atoms with Crippen LogP contribution in [0.1, 0.15) is 39.2 Å². The van der Waals surface area contributed by atoms with Gasteiger partial charge in [0, 0.05) is 5.82 Å². The Morgan fingerprint density at radius 2 is 2.00 bits per heavy atom. The van der Waals surface area contributed by atoms with Crippen molar-refractivity contribution >= 4 is 7.12 Å². The molecule has 1 heterocycles. The predicted molar refractivity (Wildman–Crippen MR) is 89.1 cm³/mol. The first kappa shape index (κ1) is 14.4. The van der Waals surface area contributed by atoms with Crippen LogP contribution in [0.2, 0.25) is 5.82 Å². The summed E-state index contributed by atoms with van der Waals surface area (Å²) in [4.78, 5) is 0. The molecule has 3 saturated carbocycles. The minimum Gasteiger partial charge on any atom is -0.523 e. The zero-order valence-corrected chi connectivity index (χ0v) is 13.8. The van der Waals surface area contributed by atoms with Crippen LogP contribution in [0.15, 0.2) is 18.2 Å². The van der Waals surface area contributed by atoms with Gasteiger partial charge in [0.25, 0.3) is 0 Å². The van der Waals surface area contributed by atoms with E-state index in [1.54, 1.807) is 0 Å². The van der Waals surface area contributed by atoms with Crippen molar-refractivity contribution in [1.29, 1.82) is 0 Å². The summed E-state index contributed by atoms with van der Waals surface area (Å²) >= 11 is 0. The van der Waals surface area contributed by atoms with Crippen molar-refractivity contribution in [2.45, 2.75) is 45.9 Å². The molecule has 22 heavy (non-hydrogen) atoms. The first-order valence-electron chi connectivity index (χ1n) is 8.67. The Morgan fingerprint density at radius 1 is 1.23 bits per heavy atom. The minimum atomic E-state index is -0.0977. The van der Waals surface area contributed by atoms with Gasteiger partial charge in [0.2, 0.25) is 0 Å². The average Bonchev–Trinajstić information content (AvgIpc) is 2.90. The monoisotopic (exact) mass is 299 g/mol. The van der Waals surface area contributed by atoms with Gasteiger partial charge in [-0.2, -0.15) is 0 Å². The molecule has 0 radical (unpaired) electrons. The molecule has 4 aliphatic rings. The number of hydrogen-bond donors (Lipinski definition) is 1. The Bertz CT molecular complexity index is 588. The lowest BCUT2D eigenvalue weighted by Gasteiger charge is -2.61. The lowest BCUT2D eigenvalue weighted by atomic mass is 9.39. The van der Waals surface area contributed by atoms with Gasteiger partial charge in [-0.05, 0) is 66.7 Å². The van der Waals surface area contributed by atoms with E-state index in [0.717, 1.165) is 29.8 Å². The summed E-state index contributed by atoms with van der Waals surface area (Å²) < 4.78 is 12.3. The third kappa shape index (κ3) is 2.00. The van der Waals surface area contributed by atoms with Crippen LogP contribution >= 0.6 is 0 Å². The van der Waals surface area contributed by atoms with Crippen LogP contribution in [0.25, 0.3) is 0 Å².